The third-order valence-electron chi connectivity index (χ3n) is 2.23. The molecule has 0 saturated carbocycles. The lowest BCUT2D eigenvalue weighted by atomic mass is 10.0. The van der Waals surface area contributed by atoms with Crippen molar-refractivity contribution in [3.63, 3.8) is 0 Å². The minimum absolute atomic E-state index is 0.0824. The second-order valence-electron chi connectivity index (χ2n) is 2.98. The summed E-state index contributed by atoms with van der Waals surface area (Å²) >= 11 is 0. The summed E-state index contributed by atoms with van der Waals surface area (Å²) in [6.07, 6.45) is 1.81. The van der Waals surface area contributed by atoms with Gasteiger partial charge in [0.1, 0.15) is 6.29 Å². The number of phenolic OH excluding ortho intramolecular Hbond substituents is 1. The summed E-state index contributed by atoms with van der Waals surface area (Å²) in [5.74, 6) is 0.498. The number of benzene rings is 1. The molecule has 0 heterocycles. The molecule has 1 rings (SSSR count). The number of carbonyl (C=O) groups is 1. The van der Waals surface area contributed by atoms with Crippen LogP contribution in [0, 0.1) is 0 Å². The Bertz CT molecular complexity index is 332. The number of aldehydes is 1. The Morgan fingerprint density at radius 1 is 1.50 bits per heavy atom. The summed E-state index contributed by atoms with van der Waals surface area (Å²) in [5.41, 5.74) is 1.65. The molecule has 0 fully saturated rings. The van der Waals surface area contributed by atoms with Crippen LogP contribution in [0.5, 0.6) is 11.5 Å². The Kier molecular flexibility index (Phi) is 3.51. The number of hydrogen-bond acceptors (Lipinski definition) is 3. The lowest BCUT2D eigenvalue weighted by Gasteiger charge is -2.10. The van der Waals surface area contributed by atoms with Gasteiger partial charge in [-0.1, -0.05) is 13.0 Å². The lowest BCUT2D eigenvalue weighted by molar-refractivity contribution is -0.107. The average molecular weight is 194 g/mol. The standard InChI is InChI=1S/C11H14O3/c1-3-8-4-5-10(14-2)11(13)9(8)6-7-12/h4-5,7,13H,3,6H2,1-2H3. The molecule has 3 nitrogen and oxygen atoms in total. The van der Waals surface area contributed by atoms with Gasteiger partial charge in [0.05, 0.1) is 7.11 Å². The third kappa shape index (κ3) is 1.87. The van der Waals surface area contributed by atoms with Gasteiger partial charge in [-0.05, 0) is 18.1 Å². The van der Waals surface area contributed by atoms with Crippen molar-refractivity contribution >= 4 is 6.29 Å². The highest BCUT2D eigenvalue weighted by molar-refractivity contribution is 5.62. The van der Waals surface area contributed by atoms with Crippen LogP contribution in [0.25, 0.3) is 0 Å². The molecule has 0 amide bonds. The first-order chi connectivity index (χ1) is 6.74. The number of hydrogen-bond donors (Lipinski definition) is 1. The molecule has 0 aliphatic heterocycles. The van der Waals surface area contributed by atoms with Crippen LogP contribution in [0.15, 0.2) is 12.1 Å². The second kappa shape index (κ2) is 4.65. The maximum absolute atomic E-state index is 10.4. The summed E-state index contributed by atoms with van der Waals surface area (Å²) in [5, 5.41) is 9.75. The minimum Gasteiger partial charge on any atom is -0.504 e. The Hall–Kier alpha value is -1.51. The molecule has 0 spiro atoms. The maximum atomic E-state index is 10.4. The van der Waals surface area contributed by atoms with E-state index in [-0.39, 0.29) is 12.2 Å². The smallest absolute Gasteiger partial charge is 0.161 e. The van der Waals surface area contributed by atoms with Crippen LogP contribution < -0.4 is 4.74 Å². The topological polar surface area (TPSA) is 46.5 Å². The molecular formula is C11H14O3. The number of aryl methyl sites for hydroxylation is 1. The van der Waals surface area contributed by atoms with Gasteiger partial charge < -0.3 is 14.6 Å². The van der Waals surface area contributed by atoms with Crippen molar-refractivity contribution in [1.29, 1.82) is 0 Å². The molecule has 0 unspecified atom stereocenters. The van der Waals surface area contributed by atoms with Crippen LogP contribution >= 0.6 is 0 Å². The van der Waals surface area contributed by atoms with Gasteiger partial charge in [0.25, 0.3) is 0 Å². The summed E-state index contributed by atoms with van der Waals surface area (Å²) in [6, 6.07) is 3.58. The van der Waals surface area contributed by atoms with E-state index in [4.69, 9.17) is 4.74 Å². The highest BCUT2D eigenvalue weighted by atomic mass is 16.5. The first kappa shape index (κ1) is 10.6. The maximum Gasteiger partial charge on any atom is 0.161 e. The number of methoxy groups -OCH3 is 1. The minimum atomic E-state index is 0.0824. The fourth-order valence-corrected chi connectivity index (χ4v) is 1.46. The van der Waals surface area contributed by atoms with E-state index in [2.05, 4.69) is 0 Å². The Balaban J connectivity index is 3.23. The van der Waals surface area contributed by atoms with Crippen molar-refractivity contribution in [2.24, 2.45) is 0 Å². The van der Waals surface area contributed by atoms with Crippen LogP contribution in [0.2, 0.25) is 0 Å². The molecule has 14 heavy (non-hydrogen) atoms. The van der Waals surface area contributed by atoms with Crippen LogP contribution in [0.1, 0.15) is 18.1 Å². The molecule has 0 aliphatic rings. The van der Waals surface area contributed by atoms with E-state index < -0.39 is 0 Å². The molecular weight excluding hydrogens is 180 g/mol. The quantitative estimate of drug-likeness (QED) is 0.742. The van der Waals surface area contributed by atoms with E-state index in [1.54, 1.807) is 6.07 Å². The number of rotatable bonds is 4. The predicted octanol–water partition coefficient (Wildman–Crippen LogP) is 1.70. The van der Waals surface area contributed by atoms with Gasteiger partial charge in [-0.15, -0.1) is 0 Å². The van der Waals surface area contributed by atoms with E-state index in [0.717, 1.165) is 18.3 Å². The fourth-order valence-electron chi connectivity index (χ4n) is 1.46. The van der Waals surface area contributed by atoms with Crippen molar-refractivity contribution in [1.82, 2.24) is 0 Å². The highest BCUT2D eigenvalue weighted by Gasteiger charge is 2.11. The van der Waals surface area contributed by atoms with Crippen LogP contribution in [-0.4, -0.2) is 18.5 Å². The average Bonchev–Trinajstić information content (AvgIpc) is 2.21. The van der Waals surface area contributed by atoms with Gasteiger partial charge in [0.2, 0.25) is 0 Å². The highest BCUT2D eigenvalue weighted by Crippen LogP contribution is 2.32. The zero-order chi connectivity index (χ0) is 10.6. The van der Waals surface area contributed by atoms with E-state index in [1.165, 1.54) is 7.11 Å². The molecule has 0 radical (unpaired) electrons. The van der Waals surface area contributed by atoms with E-state index in [1.807, 2.05) is 13.0 Å². The van der Waals surface area contributed by atoms with Crippen LogP contribution in [0.3, 0.4) is 0 Å². The summed E-state index contributed by atoms with van der Waals surface area (Å²) < 4.78 is 4.97. The van der Waals surface area contributed by atoms with Gasteiger partial charge in [-0.2, -0.15) is 0 Å². The van der Waals surface area contributed by atoms with E-state index in [0.29, 0.717) is 11.3 Å². The van der Waals surface area contributed by atoms with E-state index in [9.17, 15) is 9.90 Å². The molecule has 3 heteroatoms. The second-order valence-corrected chi connectivity index (χ2v) is 2.98. The Labute approximate surface area is 83.3 Å². The van der Waals surface area contributed by atoms with Crippen LogP contribution in [-0.2, 0) is 17.6 Å². The normalized spacial score (nSPS) is 9.86. The molecule has 0 saturated heterocycles. The number of aromatic hydroxyl groups is 1. The SMILES string of the molecule is CCc1ccc(OC)c(O)c1CC=O. The zero-order valence-corrected chi connectivity index (χ0v) is 8.41. The molecule has 0 aromatic heterocycles. The van der Waals surface area contributed by atoms with Gasteiger partial charge in [0.15, 0.2) is 11.5 Å². The van der Waals surface area contributed by atoms with Gasteiger partial charge in [-0.25, -0.2) is 0 Å². The number of ether oxygens (including phenoxy) is 1. The molecule has 1 aromatic carbocycles. The summed E-state index contributed by atoms with van der Waals surface area (Å²) in [4.78, 5) is 10.4. The van der Waals surface area contributed by atoms with E-state index >= 15 is 0 Å². The van der Waals surface area contributed by atoms with Crippen molar-refractivity contribution in [3.8, 4) is 11.5 Å². The van der Waals surface area contributed by atoms with Crippen LogP contribution in [0.4, 0.5) is 0 Å². The van der Waals surface area contributed by atoms with Gasteiger partial charge in [-0.3, -0.25) is 0 Å². The van der Waals surface area contributed by atoms with Crippen molar-refractivity contribution in [3.05, 3.63) is 23.3 Å². The molecule has 1 aromatic rings. The first-order valence-electron chi connectivity index (χ1n) is 4.55. The molecule has 0 atom stereocenters. The number of phenols is 1. The zero-order valence-electron chi connectivity index (χ0n) is 8.41. The third-order valence-corrected chi connectivity index (χ3v) is 2.23. The molecule has 1 N–H and O–H groups in total. The van der Waals surface area contributed by atoms with Crippen molar-refractivity contribution in [2.75, 3.05) is 7.11 Å². The Morgan fingerprint density at radius 2 is 2.21 bits per heavy atom. The molecule has 0 bridgehead atoms. The number of carbonyl (C=O) groups excluding carboxylic acids is 1. The van der Waals surface area contributed by atoms with Gasteiger partial charge in [0, 0.05) is 12.0 Å². The predicted molar refractivity (Wildman–Crippen MR) is 53.8 cm³/mol. The first-order valence-corrected chi connectivity index (χ1v) is 4.55. The lowest BCUT2D eigenvalue weighted by Crippen LogP contribution is -1.96. The fraction of sp³-hybridized carbons (Fsp3) is 0.364. The van der Waals surface area contributed by atoms with Crippen molar-refractivity contribution < 1.29 is 14.6 Å². The monoisotopic (exact) mass is 194 g/mol. The summed E-state index contributed by atoms with van der Waals surface area (Å²) in [7, 11) is 1.49. The van der Waals surface area contributed by atoms with Gasteiger partial charge >= 0.3 is 0 Å². The van der Waals surface area contributed by atoms with Crippen molar-refractivity contribution in [2.45, 2.75) is 19.8 Å². The Morgan fingerprint density at radius 3 is 2.71 bits per heavy atom. The molecule has 0 aliphatic carbocycles. The molecule has 76 valence electrons. The largest absolute Gasteiger partial charge is 0.504 e. The summed E-state index contributed by atoms with van der Waals surface area (Å²) in [6.45, 7) is 1.98.